The number of rotatable bonds is 2. The molecule has 15 heavy (non-hydrogen) atoms. The van der Waals surface area contributed by atoms with Crippen LogP contribution in [0.5, 0.6) is 0 Å². The van der Waals surface area contributed by atoms with Crippen molar-refractivity contribution in [3.63, 3.8) is 0 Å². The highest BCUT2D eigenvalue weighted by atomic mass is 79.9. The first-order chi connectivity index (χ1) is 7.31. The lowest BCUT2D eigenvalue weighted by Gasteiger charge is -2.03. The Kier molecular flexibility index (Phi) is 3.09. The fourth-order valence-electron chi connectivity index (χ4n) is 1.19. The van der Waals surface area contributed by atoms with E-state index in [-0.39, 0.29) is 5.92 Å². The molecule has 0 aliphatic rings. The molecule has 0 N–H and O–H groups in total. The van der Waals surface area contributed by atoms with E-state index in [4.69, 9.17) is 5.26 Å². The predicted octanol–water partition coefficient (Wildman–Crippen LogP) is 2.96. The highest BCUT2D eigenvalue weighted by molar-refractivity contribution is 9.11. The van der Waals surface area contributed by atoms with Gasteiger partial charge in [0.2, 0.25) is 0 Å². The topological polar surface area (TPSA) is 49.6 Å². The predicted molar refractivity (Wildman–Crippen MR) is 61.5 cm³/mol. The summed E-state index contributed by atoms with van der Waals surface area (Å²) in [6.07, 6.45) is 3.30. The Bertz CT molecular complexity index is 489. The van der Waals surface area contributed by atoms with Gasteiger partial charge in [-0.2, -0.15) is 5.26 Å². The van der Waals surface area contributed by atoms with Crippen LogP contribution in [0.15, 0.2) is 34.4 Å². The minimum absolute atomic E-state index is 0.373. The first kappa shape index (κ1) is 10.3. The van der Waals surface area contributed by atoms with E-state index < -0.39 is 0 Å². The molecule has 0 bridgehead atoms. The van der Waals surface area contributed by atoms with E-state index >= 15 is 0 Å². The van der Waals surface area contributed by atoms with E-state index in [9.17, 15) is 0 Å². The molecule has 0 aromatic carbocycles. The Hall–Kier alpha value is -1.25. The number of halogens is 1. The van der Waals surface area contributed by atoms with Crippen LogP contribution in [-0.2, 0) is 0 Å². The summed E-state index contributed by atoms with van der Waals surface area (Å²) in [5, 5.41) is 9.10. The van der Waals surface area contributed by atoms with Crippen LogP contribution in [0.2, 0.25) is 0 Å². The molecule has 0 aliphatic heterocycles. The molecule has 1 atom stereocenters. The van der Waals surface area contributed by atoms with Gasteiger partial charge in [-0.3, -0.25) is 0 Å². The minimum atomic E-state index is -0.373. The van der Waals surface area contributed by atoms with Crippen LogP contribution >= 0.6 is 27.3 Å². The van der Waals surface area contributed by atoms with Crippen LogP contribution in [0.4, 0.5) is 0 Å². The van der Waals surface area contributed by atoms with Gasteiger partial charge in [0.25, 0.3) is 0 Å². The van der Waals surface area contributed by atoms with E-state index in [1.54, 1.807) is 18.5 Å². The zero-order valence-electron chi connectivity index (χ0n) is 7.59. The second-order valence-electron chi connectivity index (χ2n) is 2.81. The molecule has 74 valence electrons. The van der Waals surface area contributed by atoms with Gasteiger partial charge in [-0.25, -0.2) is 9.97 Å². The monoisotopic (exact) mass is 279 g/mol. The highest BCUT2D eigenvalue weighted by Gasteiger charge is 2.17. The maximum Gasteiger partial charge on any atom is 0.150 e. The van der Waals surface area contributed by atoms with E-state index in [1.165, 1.54) is 11.3 Å². The largest absolute Gasteiger partial charge is 0.240 e. The molecule has 3 nitrogen and oxygen atoms in total. The van der Waals surface area contributed by atoms with Crippen molar-refractivity contribution in [2.45, 2.75) is 5.92 Å². The molecule has 0 saturated carbocycles. The number of aromatic nitrogens is 2. The SMILES string of the molecule is N#CC(c1ncccn1)c1ccc(Br)s1. The maximum atomic E-state index is 9.10. The molecule has 0 aliphatic carbocycles. The summed E-state index contributed by atoms with van der Waals surface area (Å²) >= 11 is 4.90. The van der Waals surface area contributed by atoms with Crippen molar-refractivity contribution < 1.29 is 0 Å². The molecule has 1 unspecified atom stereocenters. The van der Waals surface area contributed by atoms with Crippen molar-refractivity contribution in [3.05, 3.63) is 45.1 Å². The van der Waals surface area contributed by atoms with Crippen LogP contribution < -0.4 is 0 Å². The number of hydrogen-bond acceptors (Lipinski definition) is 4. The smallest absolute Gasteiger partial charge is 0.150 e. The summed E-state index contributed by atoms with van der Waals surface area (Å²) in [6.45, 7) is 0. The molecular formula is C10H6BrN3S. The lowest BCUT2D eigenvalue weighted by molar-refractivity contribution is 0.904. The number of nitriles is 1. The van der Waals surface area contributed by atoms with Gasteiger partial charge >= 0.3 is 0 Å². The van der Waals surface area contributed by atoms with Crippen LogP contribution in [0.3, 0.4) is 0 Å². The van der Waals surface area contributed by atoms with Gasteiger partial charge in [0.05, 0.1) is 9.86 Å². The molecule has 0 amide bonds. The van der Waals surface area contributed by atoms with Gasteiger partial charge in [-0.15, -0.1) is 11.3 Å². The summed E-state index contributed by atoms with van der Waals surface area (Å²) in [7, 11) is 0. The molecule has 0 fully saturated rings. The minimum Gasteiger partial charge on any atom is -0.240 e. The summed E-state index contributed by atoms with van der Waals surface area (Å²) in [5.41, 5.74) is 0. The number of hydrogen-bond donors (Lipinski definition) is 0. The fraction of sp³-hybridized carbons (Fsp3) is 0.100. The van der Waals surface area contributed by atoms with Crippen molar-refractivity contribution >= 4 is 27.3 Å². The van der Waals surface area contributed by atoms with E-state index in [0.717, 1.165) is 8.66 Å². The molecule has 0 radical (unpaired) electrons. The lowest BCUT2D eigenvalue weighted by Crippen LogP contribution is -2.01. The van der Waals surface area contributed by atoms with Gasteiger partial charge in [-0.1, -0.05) is 0 Å². The fourth-order valence-corrected chi connectivity index (χ4v) is 2.66. The summed E-state index contributed by atoms with van der Waals surface area (Å²) in [4.78, 5) is 9.14. The zero-order valence-corrected chi connectivity index (χ0v) is 9.99. The third-order valence-electron chi connectivity index (χ3n) is 1.85. The second kappa shape index (κ2) is 4.51. The third kappa shape index (κ3) is 2.22. The maximum absolute atomic E-state index is 9.10. The molecule has 2 aromatic rings. The molecule has 2 heterocycles. The van der Waals surface area contributed by atoms with E-state index in [0.29, 0.717) is 5.82 Å². The zero-order chi connectivity index (χ0) is 10.7. The van der Waals surface area contributed by atoms with Crippen LogP contribution in [0.1, 0.15) is 16.6 Å². The Balaban J connectivity index is 2.38. The van der Waals surface area contributed by atoms with Gasteiger partial charge in [0, 0.05) is 17.3 Å². The lowest BCUT2D eigenvalue weighted by atomic mass is 10.1. The van der Waals surface area contributed by atoms with Crippen molar-refractivity contribution in [1.29, 1.82) is 5.26 Å². The van der Waals surface area contributed by atoms with Crippen molar-refractivity contribution in [2.75, 3.05) is 0 Å². The number of thiophene rings is 1. The van der Waals surface area contributed by atoms with Crippen LogP contribution in [0.25, 0.3) is 0 Å². The normalized spacial score (nSPS) is 12.0. The molecule has 0 saturated heterocycles. The average molecular weight is 280 g/mol. The van der Waals surface area contributed by atoms with Gasteiger partial charge in [0.15, 0.2) is 5.82 Å². The first-order valence-corrected chi connectivity index (χ1v) is 5.84. The quantitative estimate of drug-likeness (QED) is 0.849. The Labute approximate surface area is 99.6 Å². The van der Waals surface area contributed by atoms with Crippen molar-refractivity contribution in [2.24, 2.45) is 0 Å². The second-order valence-corrected chi connectivity index (χ2v) is 5.31. The van der Waals surface area contributed by atoms with Gasteiger partial charge in [-0.05, 0) is 34.1 Å². The Morgan fingerprint density at radius 1 is 1.33 bits per heavy atom. The molecule has 5 heteroatoms. The highest BCUT2D eigenvalue weighted by Crippen LogP contribution is 2.30. The Morgan fingerprint density at radius 3 is 2.60 bits per heavy atom. The molecule has 2 aromatic heterocycles. The number of nitrogens with zero attached hydrogens (tertiary/aromatic N) is 3. The average Bonchev–Trinajstić information content (AvgIpc) is 2.68. The van der Waals surface area contributed by atoms with Gasteiger partial charge < -0.3 is 0 Å². The van der Waals surface area contributed by atoms with Crippen molar-refractivity contribution in [3.8, 4) is 6.07 Å². The molecule has 0 spiro atoms. The van der Waals surface area contributed by atoms with E-state index in [1.807, 2.05) is 12.1 Å². The van der Waals surface area contributed by atoms with Crippen molar-refractivity contribution in [1.82, 2.24) is 9.97 Å². The summed E-state index contributed by atoms with van der Waals surface area (Å²) in [6, 6.07) is 7.79. The van der Waals surface area contributed by atoms with E-state index in [2.05, 4.69) is 32.0 Å². The van der Waals surface area contributed by atoms with Crippen LogP contribution in [-0.4, -0.2) is 9.97 Å². The standard InChI is InChI=1S/C10H6BrN3S/c11-9-3-2-8(15-9)7(6-12)10-13-4-1-5-14-10/h1-5,7H. The molecular weight excluding hydrogens is 274 g/mol. The van der Waals surface area contributed by atoms with Crippen LogP contribution in [0, 0.1) is 11.3 Å². The first-order valence-electron chi connectivity index (χ1n) is 4.23. The summed E-state index contributed by atoms with van der Waals surface area (Å²) < 4.78 is 1.01. The summed E-state index contributed by atoms with van der Waals surface area (Å²) in [5.74, 6) is 0.178. The molecule has 2 rings (SSSR count). The van der Waals surface area contributed by atoms with Gasteiger partial charge in [0.1, 0.15) is 5.92 Å². The third-order valence-corrected chi connectivity index (χ3v) is 3.54. The Morgan fingerprint density at radius 2 is 2.07 bits per heavy atom.